The fraction of sp³-hybridized carbons (Fsp3) is 0.304. The van der Waals surface area contributed by atoms with Gasteiger partial charge in [0.15, 0.2) is 11.5 Å². The zero-order chi connectivity index (χ0) is 20.9. The van der Waals surface area contributed by atoms with Crippen LogP contribution in [0.25, 0.3) is 16.9 Å². The lowest BCUT2D eigenvalue weighted by Gasteiger charge is -2.18. The molecule has 0 amide bonds. The Morgan fingerprint density at radius 1 is 1.13 bits per heavy atom. The summed E-state index contributed by atoms with van der Waals surface area (Å²) in [6.45, 7) is 3.83. The maximum absolute atomic E-state index is 13.1. The van der Waals surface area contributed by atoms with Gasteiger partial charge in [-0.25, -0.2) is 19.3 Å². The molecule has 8 heteroatoms. The van der Waals surface area contributed by atoms with Crippen molar-refractivity contribution >= 4 is 22.7 Å². The molecule has 4 aromatic rings. The molecule has 2 aliphatic rings. The van der Waals surface area contributed by atoms with Crippen molar-refractivity contribution in [2.45, 2.75) is 38.8 Å². The van der Waals surface area contributed by atoms with E-state index in [-0.39, 0.29) is 11.6 Å². The number of hydrogen-bond acceptors (Lipinski definition) is 6. The van der Waals surface area contributed by atoms with Gasteiger partial charge in [-0.2, -0.15) is 4.98 Å². The first-order chi connectivity index (χ1) is 15.2. The zero-order valence-electron chi connectivity index (χ0n) is 17.3. The van der Waals surface area contributed by atoms with Crippen molar-refractivity contribution in [3.8, 4) is 5.82 Å². The van der Waals surface area contributed by atoms with Gasteiger partial charge in [0.2, 0.25) is 5.95 Å². The molecule has 0 bridgehead atoms. The molecule has 1 aliphatic heterocycles. The molecule has 0 spiro atoms. The van der Waals surface area contributed by atoms with Crippen LogP contribution in [0.1, 0.15) is 35.7 Å². The van der Waals surface area contributed by atoms with Crippen LogP contribution in [0, 0.1) is 6.92 Å². The van der Waals surface area contributed by atoms with E-state index in [0.717, 1.165) is 43.7 Å². The van der Waals surface area contributed by atoms with Gasteiger partial charge in [-0.05, 0) is 68.1 Å². The second-order valence-electron chi connectivity index (χ2n) is 8.30. The minimum absolute atomic E-state index is 0.0628. The summed E-state index contributed by atoms with van der Waals surface area (Å²) in [5.74, 6) is 1.16. The average Bonchev–Trinajstić information content (AvgIpc) is 3.58. The number of fused-ring (bicyclic) bond motifs is 2. The molecule has 0 unspecified atom stereocenters. The van der Waals surface area contributed by atoms with Gasteiger partial charge in [0.25, 0.3) is 5.56 Å². The van der Waals surface area contributed by atoms with E-state index in [1.807, 2.05) is 29.8 Å². The van der Waals surface area contributed by atoms with E-state index in [1.165, 1.54) is 11.1 Å². The maximum atomic E-state index is 13.1. The highest BCUT2D eigenvalue weighted by Crippen LogP contribution is 2.35. The molecule has 0 atom stereocenters. The van der Waals surface area contributed by atoms with Crippen molar-refractivity contribution in [3.05, 3.63) is 69.8 Å². The predicted molar refractivity (Wildman–Crippen MR) is 119 cm³/mol. The highest BCUT2D eigenvalue weighted by molar-refractivity contribution is 5.77. The van der Waals surface area contributed by atoms with Crippen LogP contribution in [0.4, 0.5) is 11.6 Å². The van der Waals surface area contributed by atoms with E-state index in [0.29, 0.717) is 22.8 Å². The Morgan fingerprint density at radius 2 is 2.03 bits per heavy atom. The van der Waals surface area contributed by atoms with E-state index in [1.54, 1.807) is 10.9 Å². The number of nitrogens with one attached hydrogen (secondary N) is 2. The zero-order valence-corrected chi connectivity index (χ0v) is 17.3. The van der Waals surface area contributed by atoms with Crippen molar-refractivity contribution in [1.82, 2.24) is 29.6 Å². The molecule has 3 aromatic heterocycles. The van der Waals surface area contributed by atoms with E-state index < -0.39 is 0 Å². The van der Waals surface area contributed by atoms with Crippen molar-refractivity contribution in [1.29, 1.82) is 0 Å². The van der Waals surface area contributed by atoms with Gasteiger partial charge < -0.3 is 10.6 Å². The third-order valence-electron chi connectivity index (χ3n) is 5.96. The van der Waals surface area contributed by atoms with Crippen molar-refractivity contribution in [2.24, 2.45) is 0 Å². The quantitative estimate of drug-likeness (QED) is 0.535. The van der Waals surface area contributed by atoms with Crippen LogP contribution >= 0.6 is 0 Å². The van der Waals surface area contributed by atoms with E-state index >= 15 is 0 Å². The number of aromatic nitrogens is 5. The molecule has 6 rings (SSSR count). The lowest BCUT2D eigenvalue weighted by Crippen LogP contribution is -2.23. The smallest absolute Gasteiger partial charge is 0.278 e. The largest absolute Gasteiger partial charge is 0.324 e. The lowest BCUT2D eigenvalue weighted by atomic mass is 10.0. The van der Waals surface area contributed by atoms with Crippen LogP contribution in [0.3, 0.4) is 0 Å². The normalized spacial score (nSPS) is 15.8. The van der Waals surface area contributed by atoms with Crippen LogP contribution in [0.5, 0.6) is 0 Å². The molecule has 0 radical (unpaired) electrons. The van der Waals surface area contributed by atoms with Crippen molar-refractivity contribution in [2.75, 3.05) is 11.9 Å². The molecule has 31 heavy (non-hydrogen) atoms. The number of aryl methyl sites for hydroxylation is 1. The standard InChI is InChI=1S/C23H23N7O/c1-14-3-2-4-20(26-14)30-21-19(22(31)29(30)18-7-8-18)13-25-23(28-21)27-17-6-5-15-9-10-24-12-16(15)11-17/h2-6,11,13,18,24H,7-10,12H2,1H3,(H,25,27,28). The summed E-state index contributed by atoms with van der Waals surface area (Å²) in [5.41, 5.74) is 5.01. The summed E-state index contributed by atoms with van der Waals surface area (Å²) in [7, 11) is 0. The van der Waals surface area contributed by atoms with Crippen LogP contribution in [0.2, 0.25) is 0 Å². The minimum Gasteiger partial charge on any atom is -0.324 e. The fourth-order valence-electron chi connectivity index (χ4n) is 4.26. The monoisotopic (exact) mass is 413 g/mol. The molecular weight excluding hydrogens is 390 g/mol. The third kappa shape index (κ3) is 3.19. The number of pyridine rings is 1. The minimum atomic E-state index is -0.0628. The Labute approximate surface area is 179 Å². The molecule has 1 aliphatic carbocycles. The van der Waals surface area contributed by atoms with Crippen LogP contribution in [-0.2, 0) is 13.0 Å². The third-order valence-corrected chi connectivity index (χ3v) is 5.96. The second-order valence-corrected chi connectivity index (χ2v) is 8.30. The topological polar surface area (TPSA) is 89.7 Å². The summed E-state index contributed by atoms with van der Waals surface area (Å²) in [5, 5.41) is 7.23. The first kappa shape index (κ1) is 18.3. The van der Waals surface area contributed by atoms with Crippen LogP contribution in [0.15, 0.2) is 47.4 Å². The molecule has 8 nitrogen and oxygen atoms in total. The number of nitrogens with zero attached hydrogens (tertiary/aromatic N) is 5. The summed E-state index contributed by atoms with van der Waals surface area (Å²) >= 11 is 0. The molecule has 1 fully saturated rings. The lowest BCUT2D eigenvalue weighted by molar-refractivity contribution is 0.553. The van der Waals surface area contributed by atoms with Gasteiger partial charge in [0, 0.05) is 24.1 Å². The van der Waals surface area contributed by atoms with Gasteiger partial charge in [-0.15, -0.1) is 0 Å². The van der Waals surface area contributed by atoms with Gasteiger partial charge in [0.05, 0.1) is 6.04 Å². The summed E-state index contributed by atoms with van der Waals surface area (Å²) in [6.07, 6.45) is 4.65. The number of anilines is 2. The summed E-state index contributed by atoms with van der Waals surface area (Å²) in [6, 6.07) is 12.4. The second kappa shape index (κ2) is 7.02. The number of benzene rings is 1. The van der Waals surface area contributed by atoms with Gasteiger partial charge in [0.1, 0.15) is 5.39 Å². The van der Waals surface area contributed by atoms with Crippen molar-refractivity contribution in [3.63, 3.8) is 0 Å². The number of rotatable bonds is 4. The Bertz CT molecular complexity index is 1370. The molecular formula is C23H23N7O. The molecule has 0 saturated heterocycles. The Balaban J connectivity index is 1.46. The van der Waals surface area contributed by atoms with Crippen LogP contribution in [-0.4, -0.2) is 30.9 Å². The Morgan fingerprint density at radius 3 is 2.87 bits per heavy atom. The van der Waals surface area contributed by atoms with Gasteiger partial charge in [-0.1, -0.05) is 12.1 Å². The Hall–Kier alpha value is -3.52. The van der Waals surface area contributed by atoms with E-state index in [2.05, 4.69) is 38.8 Å². The van der Waals surface area contributed by atoms with Crippen molar-refractivity contribution < 1.29 is 0 Å². The summed E-state index contributed by atoms with van der Waals surface area (Å²) < 4.78 is 3.64. The molecule has 1 saturated carbocycles. The molecule has 2 N–H and O–H groups in total. The molecule has 1 aromatic carbocycles. The fourth-order valence-corrected chi connectivity index (χ4v) is 4.26. The Kier molecular flexibility index (Phi) is 4.14. The predicted octanol–water partition coefficient (Wildman–Crippen LogP) is 3.01. The maximum Gasteiger partial charge on any atom is 0.278 e. The van der Waals surface area contributed by atoms with Crippen LogP contribution < -0.4 is 16.2 Å². The van der Waals surface area contributed by atoms with Gasteiger partial charge in [-0.3, -0.25) is 4.79 Å². The first-order valence-electron chi connectivity index (χ1n) is 10.7. The SMILES string of the molecule is Cc1cccc(-n2c3nc(Nc4ccc5c(c4)CNCC5)ncc3c(=O)n2C2CC2)n1. The average molecular weight is 413 g/mol. The summed E-state index contributed by atoms with van der Waals surface area (Å²) in [4.78, 5) is 27.0. The first-order valence-corrected chi connectivity index (χ1v) is 10.7. The number of hydrogen-bond donors (Lipinski definition) is 2. The highest BCUT2D eigenvalue weighted by atomic mass is 16.1. The van der Waals surface area contributed by atoms with Gasteiger partial charge >= 0.3 is 0 Å². The van der Waals surface area contributed by atoms with E-state index in [4.69, 9.17) is 4.98 Å². The van der Waals surface area contributed by atoms with E-state index in [9.17, 15) is 4.79 Å². The molecule has 156 valence electrons. The molecule has 4 heterocycles. The highest BCUT2D eigenvalue weighted by Gasteiger charge is 2.31.